The van der Waals surface area contributed by atoms with E-state index in [0.29, 0.717) is 17.9 Å². The van der Waals surface area contributed by atoms with Crippen molar-refractivity contribution >= 4 is 23.6 Å². The molecule has 0 radical (unpaired) electrons. The fourth-order valence-corrected chi connectivity index (χ4v) is 3.16. The molecule has 4 nitrogen and oxygen atoms in total. The normalized spacial score (nSPS) is 10.3. The summed E-state index contributed by atoms with van der Waals surface area (Å²) in [6.45, 7) is 2.51. The molecule has 2 aromatic rings. The van der Waals surface area contributed by atoms with Gasteiger partial charge in [0, 0.05) is 25.5 Å². The molecule has 24 heavy (non-hydrogen) atoms. The van der Waals surface area contributed by atoms with Crippen LogP contribution >= 0.6 is 11.8 Å². The first-order valence-electron chi connectivity index (χ1n) is 7.73. The zero-order chi connectivity index (χ0) is 17.5. The second kappa shape index (κ2) is 8.55. The maximum atomic E-state index is 12.5. The quantitative estimate of drug-likeness (QED) is 0.821. The Bertz CT molecular complexity index is 729. The van der Waals surface area contributed by atoms with E-state index in [-0.39, 0.29) is 11.8 Å². The summed E-state index contributed by atoms with van der Waals surface area (Å²) < 4.78 is 0. The van der Waals surface area contributed by atoms with Gasteiger partial charge in [0.25, 0.3) is 5.91 Å². The highest BCUT2D eigenvalue weighted by Crippen LogP contribution is 2.23. The smallest absolute Gasteiger partial charge is 0.252 e. The molecule has 5 heteroatoms. The first-order chi connectivity index (χ1) is 11.5. The van der Waals surface area contributed by atoms with Crippen molar-refractivity contribution in [2.24, 2.45) is 0 Å². The fourth-order valence-electron chi connectivity index (χ4n) is 2.13. The van der Waals surface area contributed by atoms with Crippen LogP contribution in [0.25, 0.3) is 0 Å². The third kappa shape index (κ3) is 4.86. The van der Waals surface area contributed by atoms with Crippen LogP contribution in [0.5, 0.6) is 0 Å². The SMILES string of the molecule is Cc1ccccc1CNC(=O)c1ccccc1SCC(=O)N(C)C. The summed E-state index contributed by atoms with van der Waals surface area (Å²) >= 11 is 1.38. The highest BCUT2D eigenvalue weighted by Gasteiger charge is 2.13. The summed E-state index contributed by atoms with van der Waals surface area (Å²) in [6.07, 6.45) is 0. The second-order valence-electron chi connectivity index (χ2n) is 5.68. The van der Waals surface area contributed by atoms with Gasteiger partial charge in [-0.2, -0.15) is 0 Å². The number of hydrogen-bond acceptors (Lipinski definition) is 3. The Labute approximate surface area is 147 Å². The van der Waals surface area contributed by atoms with E-state index in [1.807, 2.05) is 49.4 Å². The largest absolute Gasteiger partial charge is 0.348 e. The molecule has 0 spiro atoms. The molecule has 0 aromatic heterocycles. The zero-order valence-electron chi connectivity index (χ0n) is 14.2. The van der Waals surface area contributed by atoms with Crippen molar-refractivity contribution in [1.82, 2.24) is 10.2 Å². The van der Waals surface area contributed by atoms with E-state index in [0.717, 1.165) is 16.0 Å². The average Bonchev–Trinajstić information content (AvgIpc) is 2.58. The van der Waals surface area contributed by atoms with Gasteiger partial charge in [-0.05, 0) is 30.2 Å². The van der Waals surface area contributed by atoms with E-state index in [9.17, 15) is 9.59 Å². The summed E-state index contributed by atoms with van der Waals surface area (Å²) in [4.78, 5) is 26.6. The van der Waals surface area contributed by atoms with Crippen molar-refractivity contribution in [2.45, 2.75) is 18.4 Å². The van der Waals surface area contributed by atoms with E-state index in [4.69, 9.17) is 0 Å². The molecular formula is C19H22N2O2S. The number of nitrogens with zero attached hydrogens (tertiary/aromatic N) is 1. The maximum absolute atomic E-state index is 12.5. The molecule has 2 aromatic carbocycles. The Morgan fingerprint density at radius 3 is 2.42 bits per heavy atom. The highest BCUT2D eigenvalue weighted by molar-refractivity contribution is 8.00. The number of carbonyl (C=O) groups is 2. The Balaban J connectivity index is 2.04. The van der Waals surface area contributed by atoms with Gasteiger partial charge < -0.3 is 10.2 Å². The summed E-state index contributed by atoms with van der Waals surface area (Å²) in [5, 5.41) is 2.96. The Kier molecular flexibility index (Phi) is 6.44. The predicted molar refractivity (Wildman–Crippen MR) is 98.2 cm³/mol. The number of aryl methyl sites for hydroxylation is 1. The molecule has 0 aliphatic rings. The molecule has 0 aliphatic carbocycles. The van der Waals surface area contributed by atoms with Gasteiger partial charge in [0.15, 0.2) is 0 Å². The third-order valence-electron chi connectivity index (χ3n) is 3.68. The zero-order valence-corrected chi connectivity index (χ0v) is 15.0. The molecule has 0 heterocycles. The molecule has 2 rings (SSSR count). The number of nitrogens with one attached hydrogen (secondary N) is 1. The Hall–Kier alpha value is -2.27. The molecule has 126 valence electrons. The Morgan fingerprint density at radius 2 is 1.71 bits per heavy atom. The molecule has 0 saturated heterocycles. The van der Waals surface area contributed by atoms with Crippen LogP contribution in [0.2, 0.25) is 0 Å². The maximum Gasteiger partial charge on any atom is 0.252 e. The summed E-state index contributed by atoms with van der Waals surface area (Å²) in [6, 6.07) is 15.3. The lowest BCUT2D eigenvalue weighted by molar-refractivity contribution is -0.125. The third-order valence-corrected chi connectivity index (χ3v) is 4.74. The van der Waals surface area contributed by atoms with Crippen LogP contribution in [0, 0.1) is 6.92 Å². The molecule has 0 fully saturated rings. The van der Waals surface area contributed by atoms with Crippen LogP contribution in [0.15, 0.2) is 53.4 Å². The van der Waals surface area contributed by atoms with Crippen molar-refractivity contribution in [2.75, 3.05) is 19.8 Å². The monoisotopic (exact) mass is 342 g/mol. The minimum absolute atomic E-state index is 0.0233. The van der Waals surface area contributed by atoms with E-state index in [1.54, 1.807) is 25.1 Å². The predicted octanol–water partition coefficient (Wildman–Crippen LogP) is 3.11. The van der Waals surface area contributed by atoms with Gasteiger partial charge in [0.05, 0.1) is 11.3 Å². The van der Waals surface area contributed by atoms with E-state index < -0.39 is 0 Å². The minimum Gasteiger partial charge on any atom is -0.348 e. The average molecular weight is 342 g/mol. The minimum atomic E-state index is -0.126. The van der Waals surface area contributed by atoms with E-state index in [1.165, 1.54) is 11.8 Å². The number of benzene rings is 2. The number of rotatable bonds is 6. The highest BCUT2D eigenvalue weighted by atomic mass is 32.2. The van der Waals surface area contributed by atoms with Crippen LogP contribution in [0.1, 0.15) is 21.5 Å². The van der Waals surface area contributed by atoms with Crippen LogP contribution in [-0.2, 0) is 11.3 Å². The molecule has 0 aliphatic heterocycles. The van der Waals surface area contributed by atoms with Gasteiger partial charge >= 0.3 is 0 Å². The standard InChI is InChI=1S/C19H22N2O2S/c1-14-8-4-5-9-15(14)12-20-19(23)16-10-6-7-11-17(16)24-13-18(22)21(2)3/h4-11H,12-13H2,1-3H3,(H,20,23). The molecule has 0 saturated carbocycles. The summed E-state index contributed by atoms with van der Waals surface area (Å²) in [5.41, 5.74) is 2.85. The topological polar surface area (TPSA) is 49.4 Å². The van der Waals surface area contributed by atoms with Crippen LogP contribution in [-0.4, -0.2) is 36.6 Å². The van der Waals surface area contributed by atoms with Gasteiger partial charge in [-0.25, -0.2) is 0 Å². The van der Waals surface area contributed by atoms with Crippen LogP contribution < -0.4 is 5.32 Å². The second-order valence-corrected chi connectivity index (χ2v) is 6.70. The summed E-state index contributed by atoms with van der Waals surface area (Å²) in [5.74, 6) is 0.212. The lowest BCUT2D eigenvalue weighted by Crippen LogP contribution is -2.25. The van der Waals surface area contributed by atoms with Gasteiger partial charge in [0.2, 0.25) is 5.91 Å². The number of amides is 2. The van der Waals surface area contributed by atoms with Crippen molar-refractivity contribution in [1.29, 1.82) is 0 Å². The number of carbonyl (C=O) groups excluding carboxylic acids is 2. The van der Waals surface area contributed by atoms with Gasteiger partial charge in [-0.15, -0.1) is 11.8 Å². The molecule has 0 unspecified atom stereocenters. The van der Waals surface area contributed by atoms with Crippen LogP contribution in [0.4, 0.5) is 0 Å². The number of thioether (sulfide) groups is 1. The molecule has 0 bridgehead atoms. The number of hydrogen-bond donors (Lipinski definition) is 1. The van der Waals surface area contributed by atoms with Gasteiger partial charge in [0.1, 0.15) is 0 Å². The lowest BCUT2D eigenvalue weighted by Gasteiger charge is -2.12. The molecular weight excluding hydrogens is 320 g/mol. The van der Waals surface area contributed by atoms with Crippen molar-refractivity contribution < 1.29 is 9.59 Å². The van der Waals surface area contributed by atoms with Crippen LogP contribution in [0.3, 0.4) is 0 Å². The van der Waals surface area contributed by atoms with Crippen molar-refractivity contribution in [3.05, 3.63) is 65.2 Å². The molecule has 1 N–H and O–H groups in total. The molecule has 2 amide bonds. The van der Waals surface area contributed by atoms with Crippen molar-refractivity contribution in [3.63, 3.8) is 0 Å². The van der Waals surface area contributed by atoms with E-state index >= 15 is 0 Å². The fraction of sp³-hybridized carbons (Fsp3) is 0.263. The van der Waals surface area contributed by atoms with E-state index in [2.05, 4.69) is 5.32 Å². The first kappa shape index (κ1) is 18.1. The lowest BCUT2D eigenvalue weighted by atomic mass is 10.1. The van der Waals surface area contributed by atoms with Gasteiger partial charge in [-0.3, -0.25) is 9.59 Å². The molecule has 0 atom stereocenters. The Morgan fingerprint density at radius 1 is 1.04 bits per heavy atom. The summed E-state index contributed by atoms with van der Waals surface area (Å²) in [7, 11) is 3.45. The van der Waals surface area contributed by atoms with Gasteiger partial charge in [-0.1, -0.05) is 36.4 Å². The first-order valence-corrected chi connectivity index (χ1v) is 8.72. The van der Waals surface area contributed by atoms with Crippen molar-refractivity contribution in [3.8, 4) is 0 Å².